The summed E-state index contributed by atoms with van der Waals surface area (Å²) in [5.41, 5.74) is 8.28. The van der Waals surface area contributed by atoms with Gasteiger partial charge in [-0.2, -0.15) is 5.10 Å². The fourth-order valence-electron chi connectivity index (χ4n) is 6.38. The predicted molar refractivity (Wildman–Crippen MR) is 171 cm³/mol. The largest absolute Gasteiger partial charge is 0.379 e. The number of hydrogen-bond acceptors (Lipinski definition) is 6. The SMILES string of the molecule is Cc1cnc(C(C)(C)NC(=O)c2ccc(-c3nc4ccc5n[nH]c(C#CCN6CCOCC6)c5c4c4c3CCCC4)cc2)[nH]1. The van der Waals surface area contributed by atoms with Crippen LogP contribution in [0.2, 0.25) is 0 Å². The standard InChI is InChI=1S/C35H37N7O2/c1-22-21-36-34(37-22)35(2,3)39-33(43)24-12-10-23(11-13-24)32-26-8-5-4-7-25(26)30-27(38-32)14-15-29-31(30)28(40-41-29)9-6-16-42-17-19-44-20-18-42/h10-15,21H,4-5,7-8,16-20H2,1-3H3,(H,36,37)(H,39,43)(H,40,41). The third-order valence-corrected chi connectivity index (χ3v) is 8.75. The molecule has 5 aromatic rings. The molecule has 1 saturated heterocycles. The Bertz CT molecular complexity index is 1920. The number of nitrogens with one attached hydrogen (secondary N) is 3. The second-order valence-electron chi connectivity index (χ2n) is 12.3. The molecular weight excluding hydrogens is 550 g/mol. The van der Waals surface area contributed by atoms with Gasteiger partial charge in [-0.05, 0) is 87.8 Å². The Balaban J connectivity index is 1.22. The van der Waals surface area contributed by atoms with Crippen molar-refractivity contribution in [2.75, 3.05) is 32.8 Å². The summed E-state index contributed by atoms with van der Waals surface area (Å²) in [6.45, 7) is 9.90. The zero-order valence-corrected chi connectivity index (χ0v) is 25.5. The number of morpholine rings is 1. The number of carbonyl (C=O) groups is 1. The maximum Gasteiger partial charge on any atom is 0.252 e. The number of benzene rings is 2. The average molecular weight is 588 g/mol. The molecule has 3 aromatic heterocycles. The van der Waals surface area contributed by atoms with Crippen molar-refractivity contribution >= 4 is 27.7 Å². The number of amides is 1. The molecule has 0 bridgehead atoms. The van der Waals surface area contributed by atoms with E-state index >= 15 is 0 Å². The van der Waals surface area contributed by atoms with Gasteiger partial charge in [-0.1, -0.05) is 18.1 Å². The number of ether oxygens (including phenoxy) is 1. The fourth-order valence-corrected chi connectivity index (χ4v) is 6.38. The van der Waals surface area contributed by atoms with Crippen molar-refractivity contribution in [1.29, 1.82) is 0 Å². The summed E-state index contributed by atoms with van der Waals surface area (Å²) in [6.07, 6.45) is 6.01. The van der Waals surface area contributed by atoms with E-state index in [1.807, 2.05) is 51.1 Å². The van der Waals surface area contributed by atoms with Gasteiger partial charge in [-0.15, -0.1) is 0 Å². The first-order chi connectivity index (χ1) is 21.4. The Morgan fingerprint density at radius 1 is 1.02 bits per heavy atom. The topological polar surface area (TPSA) is 112 Å². The van der Waals surface area contributed by atoms with Gasteiger partial charge in [0, 0.05) is 46.9 Å². The Labute approximate surface area is 256 Å². The number of rotatable bonds is 5. The van der Waals surface area contributed by atoms with E-state index in [-0.39, 0.29) is 5.91 Å². The second kappa shape index (κ2) is 11.5. The molecule has 0 atom stereocenters. The lowest BCUT2D eigenvalue weighted by molar-refractivity contribution is 0.0443. The van der Waals surface area contributed by atoms with Crippen LogP contribution in [0.5, 0.6) is 0 Å². The van der Waals surface area contributed by atoms with Crippen LogP contribution in [-0.2, 0) is 23.1 Å². The van der Waals surface area contributed by atoms with Gasteiger partial charge in [0.05, 0.1) is 42.0 Å². The van der Waals surface area contributed by atoms with E-state index in [1.165, 1.54) is 11.1 Å². The van der Waals surface area contributed by atoms with E-state index in [0.29, 0.717) is 12.1 Å². The summed E-state index contributed by atoms with van der Waals surface area (Å²) in [6, 6.07) is 11.9. The van der Waals surface area contributed by atoms with Crippen molar-refractivity contribution in [2.45, 2.75) is 52.0 Å². The third kappa shape index (κ3) is 5.36. The molecule has 9 heteroatoms. The minimum atomic E-state index is -0.632. The van der Waals surface area contributed by atoms with Gasteiger partial charge in [-0.3, -0.25) is 14.8 Å². The molecule has 0 unspecified atom stereocenters. The van der Waals surface area contributed by atoms with Crippen LogP contribution in [0, 0.1) is 18.8 Å². The van der Waals surface area contributed by atoms with Gasteiger partial charge in [0.2, 0.25) is 0 Å². The number of imidazole rings is 1. The van der Waals surface area contributed by atoms with Crippen molar-refractivity contribution in [3.63, 3.8) is 0 Å². The molecule has 44 heavy (non-hydrogen) atoms. The molecule has 0 saturated carbocycles. The zero-order valence-electron chi connectivity index (χ0n) is 25.5. The van der Waals surface area contributed by atoms with E-state index in [2.05, 4.69) is 48.3 Å². The number of carbonyl (C=O) groups excluding carboxylic acids is 1. The highest BCUT2D eigenvalue weighted by atomic mass is 16.5. The van der Waals surface area contributed by atoms with Crippen LogP contribution in [-0.4, -0.2) is 68.8 Å². The smallest absolute Gasteiger partial charge is 0.252 e. The maximum absolute atomic E-state index is 13.2. The molecule has 1 fully saturated rings. The van der Waals surface area contributed by atoms with Gasteiger partial charge in [0.15, 0.2) is 0 Å². The first-order valence-corrected chi connectivity index (χ1v) is 15.4. The summed E-state index contributed by atoms with van der Waals surface area (Å²) in [5, 5.41) is 13.1. The minimum absolute atomic E-state index is 0.145. The lowest BCUT2D eigenvalue weighted by Crippen LogP contribution is -2.41. The molecule has 3 N–H and O–H groups in total. The normalized spacial score (nSPS) is 15.6. The van der Waals surface area contributed by atoms with Gasteiger partial charge < -0.3 is 15.0 Å². The number of hydrogen-bond donors (Lipinski definition) is 3. The van der Waals surface area contributed by atoms with Crippen molar-refractivity contribution in [3.8, 4) is 23.1 Å². The van der Waals surface area contributed by atoms with Gasteiger partial charge >= 0.3 is 0 Å². The van der Waals surface area contributed by atoms with E-state index in [0.717, 1.165) is 102 Å². The van der Waals surface area contributed by atoms with Crippen molar-refractivity contribution in [1.82, 2.24) is 35.4 Å². The fraction of sp³-hybridized carbons (Fsp3) is 0.371. The van der Waals surface area contributed by atoms with Crippen LogP contribution < -0.4 is 5.32 Å². The molecule has 9 nitrogen and oxygen atoms in total. The molecular formula is C35H37N7O2. The maximum atomic E-state index is 13.2. The van der Waals surface area contributed by atoms with Crippen molar-refractivity contribution in [3.05, 3.63) is 76.5 Å². The Morgan fingerprint density at radius 3 is 2.52 bits per heavy atom. The molecule has 224 valence electrons. The molecule has 2 aromatic carbocycles. The Kier molecular flexibility index (Phi) is 7.40. The molecule has 2 aliphatic rings. The number of nitrogens with zero attached hydrogens (tertiary/aromatic N) is 4. The summed E-state index contributed by atoms with van der Waals surface area (Å²) >= 11 is 0. The summed E-state index contributed by atoms with van der Waals surface area (Å²) in [7, 11) is 0. The van der Waals surface area contributed by atoms with Crippen LogP contribution in [0.25, 0.3) is 33.1 Å². The number of pyridine rings is 1. The first-order valence-electron chi connectivity index (χ1n) is 15.4. The van der Waals surface area contributed by atoms with E-state index in [9.17, 15) is 4.79 Å². The predicted octanol–water partition coefficient (Wildman–Crippen LogP) is 5.04. The molecule has 0 spiro atoms. The van der Waals surface area contributed by atoms with Crippen LogP contribution >= 0.6 is 0 Å². The third-order valence-electron chi connectivity index (χ3n) is 8.75. The van der Waals surface area contributed by atoms with Crippen LogP contribution in [0.1, 0.15) is 65.4 Å². The van der Waals surface area contributed by atoms with E-state index in [4.69, 9.17) is 9.72 Å². The monoisotopic (exact) mass is 587 g/mol. The highest BCUT2D eigenvalue weighted by Crippen LogP contribution is 2.38. The van der Waals surface area contributed by atoms with Crippen molar-refractivity contribution < 1.29 is 9.53 Å². The average Bonchev–Trinajstić information content (AvgIpc) is 3.68. The zero-order chi connectivity index (χ0) is 30.3. The van der Waals surface area contributed by atoms with E-state index < -0.39 is 5.54 Å². The highest BCUT2D eigenvalue weighted by molar-refractivity contribution is 6.10. The minimum Gasteiger partial charge on any atom is -0.379 e. The Morgan fingerprint density at radius 2 is 1.77 bits per heavy atom. The molecule has 7 rings (SSSR count). The number of aryl methyl sites for hydroxylation is 2. The van der Waals surface area contributed by atoms with Gasteiger partial charge in [0.1, 0.15) is 11.5 Å². The molecule has 1 aliphatic carbocycles. The quantitative estimate of drug-likeness (QED) is 0.249. The second-order valence-corrected chi connectivity index (χ2v) is 12.3. The lowest BCUT2D eigenvalue weighted by atomic mass is 9.85. The number of fused-ring (bicyclic) bond motifs is 5. The molecule has 1 amide bonds. The summed E-state index contributed by atoms with van der Waals surface area (Å²) in [5.74, 6) is 7.33. The Hall–Kier alpha value is -4.52. The van der Waals surface area contributed by atoms with Crippen LogP contribution in [0.4, 0.5) is 0 Å². The number of H-pyrrole nitrogens is 2. The van der Waals surface area contributed by atoms with E-state index in [1.54, 1.807) is 6.20 Å². The first kappa shape index (κ1) is 28.3. The number of aromatic nitrogens is 5. The van der Waals surface area contributed by atoms with Gasteiger partial charge in [0.25, 0.3) is 5.91 Å². The van der Waals surface area contributed by atoms with Crippen LogP contribution in [0.3, 0.4) is 0 Å². The molecule has 0 radical (unpaired) electrons. The van der Waals surface area contributed by atoms with Gasteiger partial charge in [-0.25, -0.2) is 9.97 Å². The van der Waals surface area contributed by atoms with Crippen molar-refractivity contribution in [2.24, 2.45) is 0 Å². The molecule has 1 aliphatic heterocycles. The van der Waals surface area contributed by atoms with Crippen LogP contribution in [0.15, 0.2) is 42.6 Å². The summed E-state index contributed by atoms with van der Waals surface area (Å²) < 4.78 is 5.47. The summed E-state index contributed by atoms with van der Waals surface area (Å²) in [4.78, 5) is 28.4. The lowest BCUT2D eigenvalue weighted by Gasteiger charge is -2.24. The highest BCUT2D eigenvalue weighted by Gasteiger charge is 2.27. The molecule has 4 heterocycles. The number of aromatic amines is 2.